The Labute approximate surface area is 141 Å². The molecule has 23 heavy (non-hydrogen) atoms. The van der Waals surface area contributed by atoms with Crippen molar-refractivity contribution in [2.75, 3.05) is 0 Å². The number of unbranched alkanes of at least 4 members (excludes halogenated alkanes) is 11. The molecule has 5 N–H and O–H groups in total. The second-order valence-corrected chi connectivity index (χ2v) is 6.32. The van der Waals surface area contributed by atoms with Gasteiger partial charge in [0.1, 0.15) is 0 Å². The van der Waals surface area contributed by atoms with Gasteiger partial charge in [0.25, 0.3) is 0 Å². The van der Waals surface area contributed by atoms with E-state index in [1.165, 1.54) is 64.2 Å². The molecule has 0 radical (unpaired) electrons. The molecule has 0 aromatic heterocycles. The second-order valence-electron chi connectivity index (χ2n) is 6.32. The van der Waals surface area contributed by atoms with Crippen molar-refractivity contribution in [2.45, 2.75) is 102 Å². The van der Waals surface area contributed by atoms with Crippen LogP contribution in [-0.2, 0) is 4.89 Å². The average Bonchev–Trinajstić information content (AvgIpc) is 2.57. The lowest BCUT2D eigenvalue weighted by Crippen LogP contribution is -2.44. The Bertz CT molecular complexity index is 274. The molecule has 0 aromatic rings. The van der Waals surface area contributed by atoms with Crippen LogP contribution in [0.25, 0.3) is 0 Å². The fraction of sp³-hybridized carbons (Fsp3) is 0.889. The lowest BCUT2D eigenvalue weighted by atomic mass is 10.0. The van der Waals surface area contributed by atoms with Gasteiger partial charge in [-0.2, -0.15) is 0 Å². The van der Waals surface area contributed by atoms with Gasteiger partial charge in [0.05, 0.1) is 12.1 Å². The zero-order chi connectivity index (χ0) is 17.3. The maximum absolute atomic E-state index is 9.63. The fourth-order valence-corrected chi connectivity index (χ4v) is 2.53. The Hall–Kier alpha value is -0.460. The van der Waals surface area contributed by atoms with E-state index in [1.807, 2.05) is 6.08 Å². The predicted octanol–water partition coefficient (Wildman–Crippen LogP) is 3.74. The highest BCUT2D eigenvalue weighted by atomic mass is 17.1. The van der Waals surface area contributed by atoms with E-state index in [1.54, 1.807) is 6.08 Å². The molecule has 0 aliphatic rings. The minimum Gasteiger partial charge on any atom is -0.387 e. The molecular weight excluding hydrogens is 294 g/mol. The van der Waals surface area contributed by atoms with Crippen molar-refractivity contribution in [1.29, 1.82) is 0 Å². The van der Waals surface area contributed by atoms with E-state index in [0.717, 1.165) is 12.8 Å². The van der Waals surface area contributed by atoms with Crippen molar-refractivity contribution in [3.8, 4) is 0 Å². The maximum atomic E-state index is 9.63. The standard InChI is InChI=1S/C18H37NO4/c1-2-3-4-5-6-7-8-9-10-11-12-13-14-15-16(20)17(19)18(21)23-22/h14-18,20-22H,2-13,19H2,1H3. The number of hydrogen-bond donors (Lipinski definition) is 4. The highest BCUT2D eigenvalue weighted by molar-refractivity contribution is 4.94. The summed E-state index contributed by atoms with van der Waals surface area (Å²) in [5.41, 5.74) is 5.48. The predicted molar refractivity (Wildman–Crippen MR) is 93.9 cm³/mol. The maximum Gasteiger partial charge on any atom is 0.206 e. The first-order valence-corrected chi connectivity index (χ1v) is 9.22. The lowest BCUT2D eigenvalue weighted by Gasteiger charge is -2.18. The van der Waals surface area contributed by atoms with E-state index in [4.69, 9.17) is 16.1 Å². The summed E-state index contributed by atoms with van der Waals surface area (Å²) in [6, 6.07) is -1.05. The zero-order valence-corrected chi connectivity index (χ0v) is 14.7. The highest BCUT2D eigenvalue weighted by Gasteiger charge is 2.21. The van der Waals surface area contributed by atoms with Crippen molar-refractivity contribution in [1.82, 2.24) is 0 Å². The molecule has 0 aromatic carbocycles. The molecule has 5 nitrogen and oxygen atoms in total. The second kappa shape index (κ2) is 16.4. The topological polar surface area (TPSA) is 95.9 Å². The van der Waals surface area contributed by atoms with Crippen LogP contribution < -0.4 is 5.73 Å². The SMILES string of the molecule is CCCCCCCCCCCCCC=CC(O)C(N)C(O)OO. The summed E-state index contributed by atoms with van der Waals surface area (Å²) in [7, 11) is 0. The van der Waals surface area contributed by atoms with Gasteiger partial charge in [-0.05, 0) is 12.8 Å². The summed E-state index contributed by atoms with van der Waals surface area (Å²) in [6.45, 7) is 2.25. The van der Waals surface area contributed by atoms with Crippen LogP contribution in [0.3, 0.4) is 0 Å². The van der Waals surface area contributed by atoms with Gasteiger partial charge < -0.3 is 15.9 Å². The van der Waals surface area contributed by atoms with Crippen molar-refractivity contribution < 1.29 is 20.4 Å². The van der Waals surface area contributed by atoms with Gasteiger partial charge in [0.2, 0.25) is 6.29 Å². The van der Waals surface area contributed by atoms with Crippen LogP contribution >= 0.6 is 0 Å². The van der Waals surface area contributed by atoms with Crippen LogP contribution in [0, 0.1) is 0 Å². The normalized spacial score (nSPS) is 15.9. The molecule has 0 saturated heterocycles. The van der Waals surface area contributed by atoms with Gasteiger partial charge in [-0.25, -0.2) is 10.1 Å². The van der Waals surface area contributed by atoms with E-state index < -0.39 is 18.4 Å². The van der Waals surface area contributed by atoms with Crippen molar-refractivity contribution in [3.05, 3.63) is 12.2 Å². The number of rotatable bonds is 16. The molecule has 0 bridgehead atoms. The summed E-state index contributed by atoms with van der Waals surface area (Å²) in [5.74, 6) is 0. The van der Waals surface area contributed by atoms with Crippen molar-refractivity contribution in [3.63, 3.8) is 0 Å². The van der Waals surface area contributed by atoms with Crippen LogP contribution in [-0.4, -0.2) is 33.9 Å². The molecule has 3 unspecified atom stereocenters. The molecule has 0 aliphatic carbocycles. The summed E-state index contributed by atoms with van der Waals surface area (Å²) < 4.78 is 0. The monoisotopic (exact) mass is 331 g/mol. The first kappa shape index (κ1) is 22.5. The van der Waals surface area contributed by atoms with Crippen LogP contribution in [0.4, 0.5) is 0 Å². The Kier molecular flexibility index (Phi) is 16.1. The van der Waals surface area contributed by atoms with Gasteiger partial charge >= 0.3 is 0 Å². The Morgan fingerprint density at radius 1 is 0.870 bits per heavy atom. The first-order valence-electron chi connectivity index (χ1n) is 9.22. The summed E-state index contributed by atoms with van der Waals surface area (Å²) >= 11 is 0. The number of nitrogens with two attached hydrogens (primary N) is 1. The van der Waals surface area contributed by atoms with E-state index in [9.17, 15) is 5.11 Å². The Balaban J connectivity index is 3.37. The van der Waals surface area contributed by atoms with E-state index in [-0.39, 0.29) is 0 Å². The molecule has 0 fully saturated rings. The molecule has 0 aliphatic heterocycles. The van der Waals surface area contributed by atoms with Crippen molar-refractivity contribution >= 4 is 0 Å². The lowest BCUT2D eigenvalue weighted by molar-refractivity contribution is -0.342. The average molecular weight is 331 g/mol. The van der Waals surface area contributed by atoms with Crippen LogP contribution in [0.2, 0.25) is 0 Å². The molecule has 0 heterocycles. The molecule has 0 rings (SSSR count). The molecule has 0 amide bonds. The molecule has 3 atom stereocenters. The van der Waals surface area contributed by atoms with Gasteiger partial charge in [0.15, 0.2) is 0 Å². The van der Waals surface area contributed by atoms with Crippen molar-refractivity contribution in [2.24, 2.45) is 5.73 Å². The summed E-state index contributed by atoms with van der Waals surface area (Å²) in [4.78, 5) is 3.69. The Morgan fingerprint density at radius 2 is 1.35 bits per heavy atom. The highest BCUT2D eigenvalue weighted by Crippen LogP contribution is 2.12. The summed E-state index contributed by atoms with van der Waals surface area (Å²) in [5, 5.41) is 27.0. The fourth-order valence-electron chi connectivity index (χ4n) is 2.53. The smallest absolute Gasteiger partial charge is 0.206 e. The van der Waals surface area contributed by atoms with E-state index in [2.05, 4.69) is 11.8 Å². The third-order valence-electron chi connectivity index (χ3n) is 4.14. The third-order valence-corrected chi connectivity index (χ3v) is 4.14. The molecule has 0 saturated carbocycles. The zero-order valence-electron chi connectivity index (χ0n) is 14.7. The quantitative estimate of drug-likeness (QED) is 0.114. The van der Waals surface area contributed by atoms with Gasteiger partial charge in [-0.3, -0.25) is 0 Å². The largest absolute Gasteiger partial charge is 0.387 e. The number of allylic oxidation sites excluding steroid dienone is 1. The van der Waals surface area contributed by atoms with Gasteiger partial charge in [0, 0.05) is 0 Å². The molecular formula is C18H37NO4. The van der Waals surface area contributed by atoms with Crippen LogP contribution in [0.15, 0.2) is 12.2 Å². The summed E-state index contributed by atoms with van der Waals surface area (Å²) in [6.07, 6.45) is 16.1. The molecule has 0 spiro atoms. The van der Waals surface area contributed by atoms with Gasteiger partial charge in [-0.15, -0.1) is 0 Å². The third kappa shape index (κ3) is 13.7. The molecule has 5 heteroatoms. The number of aliphatic hydroxyl groups excluding tert-OH is 2. The Morgan fingerprint density at radius 3 is 1.83 bits per heavy atom. The van der Waals surface area contributed by atoms with Gasteiger partial charge in [-0.1, -0.05) is 83.3 Å². The molecule has 138 valence electrons. The first-order chi connectivity index (χ1) is 11.1. The minimum atomic E-state index is -1.57. The van der Waals surface area contributed by atoms with Crippen LogP contribution in [0.1, 0.15) is 84.0 Å². The van der Waals surface area contributed by atoms with E-state index in [0.29, 0.717) is 0 Å². The number of hydrogen-bond acceptors (Lipinski definition) is 5. The van der Waals surface area contributed by atoms with Crippen LogP contribution in [0.5, 0.6) is 0 Å². The van der Waals surface area contributed by atoms with E-state index >= 15 is 0 Å². The minimum absolute atomic E-state index is 0.886. The number of aliphatic hydroxyl groups is 2.